The van der Waals surface area contributed by atoms with Crippen molar-refractivity contribution in [3.05, 3.63) is 60.2 Å². The third kappa shape index (κ3) is 5.99. The second-order valence-electron chi connectivity index (χ2n) is 7.60. The normalized spacial score (nSPS) is 15.2. The Morgan fingerprint density at radius 3 is 2.39 bits per heavy atom. The molecule has 0 aliphatic carbocycles. The quantitative estimate of drug-likeness (QED) is 0.752. The van der Waals surface area contributed by atoms with E-state index in [2.05, 4.69) is 58.7 Å². The first-order valence-electron chi connectivity index (χ1n) is 10.3. The van der Waals surface area contributed by atoms with E-state index in [4.69, 9.17) is 0 Å². The molecular formula is C23H32N4O. The molecule has 5 heteroatoms. The fourth-order valence-corrected chi connectivity index (χ4v) is 3.72. The molecule has 0 saturated carbocycles. The molecule has 0 aromatic heterocycles. The number of piperidine rings is 1. The van der Waals surface area contributed by atoms with Gasteiger partial charge in [0.15, 0.2) is 0 Å². The number of anilines is 2. The van der Waals surface area contributed by atoms with Gasteiger partial charge in [0.1, 0.15) is 0 Å². The number of rotatable bonds is 7. The molecule has 1 heterocycles. The van der Waals surface area contributed by atoms with Gasteiger partial charge in [-0.1, -0.05) is 37.3 Å². The molecule has 0 unspecified atom stereocenters. The van der Waals surface area contributed by atoms with Crippen LogP contribution >= 0.6 is 0 Å². The van der Waals surface area contributed by atoms with E-state index in [1.165, 1.54) is 12.0 Å². The number of carbonyl (C=O) groups is 1. The molecule has 3 rings (SSSR count). The van der Waals surface area contributed by atoms with Gasteiger partial charge in [-0.3, -0.25) is 0 Å². The van der Waals surface area contributed by atoms with Crippen LogP contribution in [-0.2, 0) is 6.54 Å². The average Bonchev–Trinajstić information content (AvgIpc) is 2.71. The predicted octanol–water partition coefficient (Wildman–Crippen LogP) is 4.32. The van der Waals surface area contributed by atoms with Gasteiger partial charge in [-0.25, -0.2) is 4.79 Å². The van der Waals surface area contributed by atoms with E-state index in [1.807, 2.05) is 30.3 Å². The molecule has 1 fully saturated rings. The van der Waals surface area contributed by atoms with Crippen LogP contribution in [0.3, 0.4) is 0 Å². The Morgan fingerprint density at radius 1 is 1.07 bits per heavy atom. The van der Waals surface area contributed by atoms with Crippen LogP contribution in [0.25, 0.3) is 0 Å². The van der Waals surface area contributed by atoms with E-state index in [9.17, 15) is 4.79 Å². The molecule has 1 aliphatic heterocycles. The second kappa shape index (κ2) is 10.1. The number of hydrogen-bond acceptors (Lipinski definition) is 3. The van der Waals surface area contributed by atoms with Gasteiger partial charge < -0.3 is 20.4 Å². The van der Waals surface area contributed by atoms with Crippen molar-refractivity contribution in [3.8, 4) is 0 Å². The molecule has 150 valence electrons. The van der Waals surface area contributed by atoms with Gasteiger partial charge >= 0.3 is 6.03 Å². The van der Waals surface area contributed by atoms with Crippen LogP contribution in [0.2, 0.25) is 0 Å². The molecule has 0 radical (unpaired) electrons. The molecule has 2 N–H and O–H groups in total. The number of carbonyl (C=O) groups excluding carboxylic acids is 1. The molecule has 1 saturated heterocycles. The van der Waals surface area contributed by atoms with E-state index in [1.54, 1.807) is 0 Å². The van der Waals surface area contributed by atoms with Gasteiger partial charge in [0, 0.05) is 44.1 Å². The number of nitrogens with one attached hydrogen (secondary N) is 2. The van der Waals surface area contributed by atoms with Gasteiger partial charge in [-0.2, -0.15) is 0 Å². The first-order chi connectivity index (χ1) is 13.6. The zero-order chi connectivity index (χ0) is 19.8. The third-order valence-electron chi connectivity index (χ3n) is 5.29. The Balaban J connectivity index is 1.45. The van der Waals surface area contributed by atoms with E-state index >= 15 is 0 Å². The lowest BCUT2D eigenvalue weighted by Crippen LogP contribution is -2.46. The molecule has 2 aromatic rings. The summed E-state index contributed by atoms with van der Waals surface area (Å²) in [5.41, 5.74) is 3.22. The van der Waals surface area contributed by atoms with E-state index in [0.29, 0.717) is 0 Å². The fraction of sp³-hybridized carbons (Fsp3) is 0.435. The summed E-state index contributed by atoms with van der Waals surface area (Å²) in [6, 6.07) is 18.6. The highest BCUT2D eigenvalue weighted by molar-refractivity contribution is 5.89. The van der Waals surface area contributed by atoms with Crippen molar-refractivity contribution >= 4 is 17.4 Å². The minimum absolute atomic E-state index is 0.112. The number of hydrogen-bond donors (Lipinski definition) is 2. The summed E-state index contributed by atoms with van der Waals surface area (Å²) in [4.78, 5) is 17.0. The zero-order valence-electron chi connectivity index (χ0n) is 17.0. The molecule has 0 bridgehead atoms. The molecule has 2 aromatic carbocycles. The maximum Gasteiger partial charge on any atom is 0.319 e. The summed E-state index contributed by atoms with van der Waals surface area (Å²) in [7, 11) is 2.08. The predicted molar refractivity (Wildman–Crippen MR) is 117 cm³/mol. The Hall–Kier alpha value is -2.53. The summed E-state index contributed by atoms with van der Waals surface area (Å²) in [6.45, 7) is 6.36. The van der Waals surface area contributed by atoms with Gasteiger partial charge in [0.25, 0.3) is 0 Å². The Kier molecular flexibility index (Phi) is 7.31. The van der Waals surface area contributed by atoms with E-state index in [0.717, 1.165) is 50.4 Å². The molecule has 2 amide bonds. The first-order valence-corrected chi connectivity index (χ1v) is 10.3. The van der Waals surface area contributed by atoms with Gasteiger partial charge in [-0.05, 0) is 55.6 Å². The Labute approximate surface area is 168 Å². The Morgan fingerprint density at radius 2 is 1.75 bits per heavy atom. The van der Waals surface area contributed by atoms with Gasteiger partial charge in [0.05, 0.1) is 0 Å². The highest BCUT2D eigenvalue weighted by Crippen LogP contribution is 2.19. The maximum absolute atomic E-state index is 12.3. The van der Waals surface area contributed by atoms with Crippen molar-refractivity contribution in [3.63, 3.8) is 0 Å². The average molecular weight is 381 g/mol. The minimum atomic E-state index is -0.112. The van der Waals surface area contributed by atoms with Crippen molar-refractivity contribution in [2.75, 3.05) is 36.9 Å². The van der Waals surface area contributed by atoms with E-state index < -0.39 is 0 Å². The molecule has 28 heavy (non-hydrogen) atoms. The zero-order valence-corrected chi connectivity index (χ0v) is 17.0. The molecular weight excluding hydrogens is 348 g/mol. The van der Waals surface area contributed by atoms with Crippen LogP contribution in [0.4, 0.5) is 16.2 Å². The third-order valence-corrected chi connectivity index (χ3v) is 5.29. The highest BCUT2D eigenvalue weighted by atomic mass is 16.2. The van der Waals surface area contributed by atoms with Crippen LogP contribution in [-0.4, -0.2) is 43.7 Å². The summed E-state index contributed by atoms with van der Waals surface area (Å²) < 4.78 is 0. The van der Waals surface area contributed by atoms with Crippen LogP contribution < -0.4 is 15.5 Å². The molecule has 5 nitrogen and oxygen atoms in total. The topological polar surface area (TPSA) is 47.6 Å². The van der Waals surface area contributed by atoms with Crippen LogP contribution in [0.15, 0.2) is 54.6 Å². The van der Waals surface area contributed by atoms with Crippen LogP contribution in [0.5, 0.6) is 0 Å². The number of urea groups is 1. The summed E-state index contributed by atoms with van der Waals surface area (Å²) in [5.74, 6) is 0. The summed E-state index contributed by atoms with van der Waals surface area (Å²) in [5, 5.41) is 6.07. The number of amides is 2. The van der Waals surface area contributed by atoms with Gasteiger partial charge in [-0.15, -0.1) is 0 Å². The highest BCUT2D eigenvalue weighted by Gasteiger charge is 2.20. The fourth-order valence-electron chi connectivity index (χ4n) is 3.72. The summed E-state index contributed by atoms with van der Waals surface area (Å²) >= 11 is 0. The lowest BCUT2D eigenvalue weighted by Gasteiger charge is -2.32. The largest absolute Gasteiger partial charge is 0.370 e. The van der Waals surface area contributed by atoms with Crippen molar-refractivity contribution in [2.45, 2.75) is 38.8 Å². The SMILES string of the molecule is CCCN1CCC(NC(=O)Nc2ccc(N(C)Cc3ccccc3)cc2)CC1. The smallest absolute Gasteiger partial charge is 0.319 e. The van der Waals surface area contributed by atoms with Crippen molar-refractivity contribution in [2.24, 2.45) is 0 Å². The van der Waals surface area contributed by atoms with Crippen molar-refractivity contribution < 1.29 is 4.79 Å². The standard InChI is InChI=1S/C23H32N4O/c1-3-15-27-16-13-21(14-17-27)25-23(28)24-20-9-11-22(12-10-20)26(2)18-19-7-5-4-6-8-19/h4-12,21H,3,13-18H2,1-2H3,(H2,24,25,28). The van der Waals surface area contributed by atoms with Gasteiger partial charge in [0.2, 0.25) is 0 Å². The molecule has 1 aliphatic rings. The Bertz CT molecular complexity index is 724. The van der Waals surface area contributed by atoms with E-state index in [-0.39, 0.29) is 12.1 Å². The van der Waals surface area contributed by atoms with Crippen molar-refractivity contribution in [1.29, 1.82) is 0 Å². The molecule has 0 atom stereocenters. The first kappa shape index (κ1) is 20.2. The lowest BCUT2D eigenvalue weighted by molar-refractivity contribution is 0.196. The minimum Gasteiger partial charge on any atom is -0.370 e. The van der Waals surface area contributed by atoms with Crippen LogP contribution in [0, 0.1) is 0 Å². The molecule has 0 spiro atoms. The summed E-state index contributed by atoms with van der Waals surface area (Å²) in [6.07, 6.45) is 3.24. The monoisotopic (exact) mass is 380 g/mol. The lowest BCUT2D eigenvalue weighted by atomic mass is 10.1. The number of nitrogens with zero attached hydrogens (tertiary/aromatic N) is 2. The van der Waals surface area contributed by atoms with Crippen molar-refractivity contribution in [1.82, 2.24) is 10.2 Å². The van der Waals surface area contributed by atoms with Crippen LogP contribution in [0.1, 0.15) is 31.7 Å². The second-order valence-corrected chi connectivity index (χ2v) is 7.60. The maximum atomic E-state index is 12.3. The number of benzene rings is 2. The number of likely N-dealkylation sites (tertiary alicyclic amines) is 1.